The van der Waals surface area contributed by atoms with E-state index < -0.39 is 0 Å². The van der Waals surface area contributed by atoms with Crippen molar-refractivity contribution in [1.29, 1.82) is 0 Å². The second-order valence-electron chi connectivity index (χ2n) is 4.60. The average Bonchev–Trinajstić information content (AvgIpc) is 2.77. The van der Waals surface area contributed by atoms with Gasteiger partial charge in [0.05, 0.1) is 5.02 Å². The molecule has 0 bridgehead atoms. The summed E-state index contributed by atoms with van der Waals surface area (Å²) in [6, 6.07) is 9.79. The Hall–Kier alpha value is -0.540. The van der Waals surface area contributed by atoms with Crippen molar-refractivity contribution >= 4 is 34.5 Å². The van der Waals surface area contributed by atoms with Gasteiger partial charge < -0.3 is 5.73 Å². The summed E-state index contributed by atoms with van der Waals surface area (Å²) in [7, 11) is 0. The van der Waals surface area contributed by atoms with Gasteiger partial charge in [-0.05, 0) is 30.2 Å². The molecule has 1 atom stereocenters. The highest BCUT2D eigenvalue weighted by Crippen LogP contribution is 2.37. The zero-order valence-electron chi connectivity index (χ0n) is 10.3. The third kappa shape index (κ3) is 2.89. The molecule has 0 aliphatic heterocycles. The van der Waals surface area contributed by atoms with Gasteiger partial charge in [0.1, 0.15) is 0 Å². The second-order valence-corrected chi connectivity index (χ2v) is 6.55. The fourth-order valence-corrected chi connectivity index (χ4v) is 3.48. The lowest BCUT2D eigenvalue weighted by Gasteiger charge is -2.12. The fourth-order valence-electron chi connectivity index (χ4n) is 1.69. The molecule has 0 saturated carbocycles. The summed E-state index contributed by atoms with van der Waals surface area (Å²) in [5.41, 5.74) is 7.16. The van der Waals surface area contributed by atoms with Crippen molar-refractivity contribution in [3.05, 3.63) is 45.3 Å². The molecule has 1 unspecified atom stereocenters. The topological polar surface area (TPSA) is 26.0 Å². The van der Waals surface area contributed by atoms with E-state index in [1.54, 1.807) is 17.4 Å². The summed E-state index contributed by atoms with van der Waals surface area (Å²) in [4.78, 5) is 2.31. The van der Waals surface area contributed by atoms with Crippen molar-refractivity contribution in [2.45, 2.75) is 19.9 Å². The summed E-state index contributed by atoms with van der Waals surface area (Å²) in [6.07, 6.45) is 0. The summed E-state index contributed by atoms with van der Waals surface area (Å²) >= 11 is 13.8. The van der Waals surface area contributed by atoms with Gasteiger partial charge in [0.25, 0.3) is 0 Å². The molecule has 0 amide bonds. The van der Waals surface area contributed by atoms with Crippen molar-refractivity contribution in [3.8, 4) is 10.4 Å². The number of benzene rings is 1. The Labute approximate surface area is 122 Å². The third-order valence-corrected chi connectivity index (χ3v) is 4.64. The Morgan fingerprint density at radius 3 is 2.44 bits per heavy atom. The number of rotatable bonds is 3. The first-order valence-electron chi connectivity index (χ1n) is 5.79. The van der Waals surface area contributed by atoms with Crippen LogP contribution >= 0.6 is 34.5 Å². The van der Waals surface area contributed by atoms with E-state index in [1.165, 1.54) is 4.88 Å². The smallest absolute Gasteiger partial charge is 0.0507 e. The molecule has 0 aliphatic carbocycles. The Morgan fingerprint density at radius 1 is 1.11 bits per heavy atom. The molecule has 1 aromatic heterocycles. The van der Waals surface area contributed by atoms with E-state index in [0.29, 0.717) is 16.0 Å². The summed E-state index contributed by atoms with van der Waals surface area (Å²) in [5.74, 6) is 0.428. The molecule has 0 spiro atoms. The monoisotopic (exact) mass is 299 g/mol. The maximum Gasteiger partial charge on any atom is 0.0507 e. The number of hydrogen-bond acceptors (Lipinski definition) is 2. The van der Waals surface area contributed by atoms with Crippen LogP contribution in [0.4, 0.5) is 0 Å². The van der Waals surface area contributed by atoms with Crippen molar-refractivity contribution < 1.29 is 0 Å². The zero-order chi connectivity index (χ0) is 13.3. The maximum atomic E-state index is 6.21. The highest BCUT2D eigenvalue weighted by Gasteiger charge is 2.14. The SMILES string of the molecule is CC(C)C(N)c1ccc(-c2ccc(Cl)cc2Cl)s1. The molecule has 0 fully saturated rings. The van der Waals surface area contributed by atoms with Crippen LogP contribution in [-0.4, -0.2) is 0 Å². The molecule has 1 aromatic carbocycles. The van der Waals surface area contributed by atoms with Gasteiger partial charge in [-0.1, -0.05) is 43.1 Å². The number of halogens is 2. The zero-order valence-corrected chi connectivity index (χ0v) is 12.6. The molecule has 1 nitrogen and oxygen atoms in total. The van der Waals surface area contributed by atoms with Crippen LogP contribution in [0, 0.1) is 5.92 Å². The van der Waals surface area contributed by atoms with Crippen LogP contribution in [0.1, 0.15) is 24.8 Å². The minimum absolute atomic E-state index is 0.0785. The van der Waals surface area contributed by atoms with Gasteiger partial charge in [0.15, 0.2) is 0 Å². The molecular weight excluding hydrogens is 285 g/mol. The minimum atomic E-state index is 0.0785. The highest BCUT2D eigenvalue weighted by molar-refractivity contribution is 7.15. The van der Waals surface area contributed by atoms with Crippen LogP contribution < -0.4 is 5.73 Å². The molecule has 1 heterocycles. The van der Waals surface area contributed by atoms with E-state index in [9.17, 15) is 0 Å². The van der Waals surface area contributed by atoms with E-state index in [1.807, 2.05) is 12.1 Å². The van der Waals surface area contributed by atoms with Gasteiger partial charge in [-0.25, -0.2) is 0 Å². The van der Waals surface area contributed by atoms with E-state index in [4.69, 9.17) is 28.9 Å². The van der Waals surface area contributed by atoms with Gasteiger partial charge in [-0.3, -0.25) is 0 Å². The van der Waals surface area contributed by atoms with Crippen molar-refractivity contribution in [2.24, 2.45) is 11.7 Å². The molecule has 2 N–H and O–H groups in total. The molecule has 2 rings (SSSR count). The fraction of sp³-hybridized carbons (Fsp3) is 0.286. The maximum absolute atomic E-state index is 6.21. The van der Waals surface area contributed by atoms with Crippen molar-refractivity contribution in [2.75, 3.05) is 0 Å². The molecular formula is C14H15Cl2NS. The lowest BCUT2D eigenvalue weighted by Crippen LogP contribution is -2.14. The summed E-state index contributed by atoms with van der Waals surface area (Å²) < 4.78 is 0. The van der Waals surface area contributed by atoms with Gasteiger partial charge in [-0.15, -0.1) is 11.3 Å². The number of thiophene rings is 1. The largest absolute Gasteiger partial charge is 0.323 e. The Kier molecular flexibility index (Phi) is 4.33. The van der Waals surface area contributed by atoms with E-state index in [-0.39, 0.29) is 6.04 Å². The Balaban J connectivity index is 2.35. The van der Waals surface area contributed by atoms with Crippen LogP contribution in [0.2, 0.25) is 10.0 Å². The highest BCUT2D eigenvalue weighted by atomic mass is 35.5. The first-order chi connectivity index (χ1) is 8.49. The average molecular weight is 300 g/mol. The predicted molar refractivity (Wildman–Crippen MR) is 81.5 cm³/mol. The van der Waals surface area contributed by atoms with Crippen LogP contribution in [-0.2, 0) is 0 Å². The Bertz CT molecular complexity index is 548. The van der Waals surface area contributed by atoms with Crippen LogP contribution in [0.25, 0.3) is 10.4 Å². The third-order valence-electron chi connectivity index (χ3n) is 2.87. The van der Waals surface area contributed by atoms with Gasteiger partial charge in [0, 0.05) is 26.4 Å². The number of nitrogens with two attached hydrogens (primary N) is 1. The minimum Gasteiger partial charge on any atom is -0.323 e. The summed E-state index contributed by atoms with van der Waals surface area (Å²) in [5, 5.41) is 1.33. The molecule has 0 radical (unpaired) electrons. The second kappa shape index (κ2) is 5.62. The standard InChI is InChI=1S/C14H15Cl2NS/c1-8(2)14(17)13-6-5-12(18-13)10-4-3-9(15)7-11(10)16/h3-8,14H,17H2,1-2H3. The van der Waals surface area contributed by atoms with Gasteiger partial charge in [0.2, 0.25) is 0 Å². The summed E-state index contributed by atoms with van der Waals surface area (Å²) in [6.45, 7) is 4.25. The lowest BCUT2D eigenvalue weighted by atomic mass is 10.0. The lowest BCUT2D eigenvalue weighted by molar-refractivity contribution is 0.521. The van der Waals surface area contributed by atoms with E-state index in [2.05, 4.69) is 26.0 Å². The van der Waals surface area contributed by atoms with E-state index >= 15 is 0 Å². The van der Waals surface area contributed by atoms with E-state index in [0.717, 1.165) is 10.4 Å². The molecule has 96 valence electrons. The van der Waals surface area contributed by atoms with Gasteiger partial charge in [-0.2, -0.15) is 0 Å². The van der Waals surface area contributed by atoms with Crippen LogP contribution in [0.5, 0.6) is 0 Å². The normalized spacial score (nSPS) is 13.0. The first kappa shape index (κ1) is 13.9. The predicted octanol–water partition coefficient (Wildman–Crippen LogP) is 5.38. The van der Waals surface area contributed by atoms with Crippen LogP contribution in [0.15, 0.2) is 30.3 Å². The first-order valence-corrected chi connectivity index (χ1v) is 7.37. The molecule has 0 aliphatic rings. The van der Waals surface area contributed by atoms with Gasteiger partial charge >= 0.3 is 0 Å². The molecule has 4 heteroatoms. The number of hydrogen-bond donors (Lipinski definition) is 1. The molecule has 2 aromatic rings. The van der Waals surface area contributed by atoms with Crippen LogP contribution in [0.3, 0.4) is 0 Å². The Morgan fingerprint density at radius 2 is 1.83 bits per heavy atom. The molecule has 18 heavy (non-hydrogen) atoms. The molecule has 0 saturated heterocycles. The van der Waals surface area contributed by atoms with Crippen molar-refractivity contribution in [3.63, 3.8) is 0 Å². The quantitative estimate of drug-likeness (QED) is 0.809. The van der Waals surface area contributed by atoms with Crippen molar-refractivity contribution in [1.82, 2.24) is 0 Å².